The van der Waals surface area contributed by atoms with Crippen LogP contribution in [0.15, 0.2) is 55.1 Å². The summed E-state index contributed by atoms with van der Waals surface area (Å²) in [5.74, 6) is 1.02. The fourth-order valence-electron chi connectivity index (χ4n) is 3.88. The summed E-state index contributed by atoms with van der Waals surface area (Å²) in [5, 5.41) is 1.23. The number of ether oxygens (including phenoxy) is 2. The molecule has 7 nitrogen and oxygen atoms in total. The molecule has 0 saturated carbocycles. The zero-order valence-corrected chi connectivity index (χ0v) is 19.8. The van der Waals surface area contributed by atoms with Crippen LogP contribution in [0.3, 0.4) is 0 Å². The molecule has 9 heteroatoms. The maximum absolute atomic E-state index is 13.8. The molecule has 2 aromatic heterocycles. The van der Waals surface area contributed by atoms with Gasteiger partial charge in [-0.15, -0.1) is 0 Å². The van der Waals surface area contributed by atoms with E-state index in [2.05, 4.69) is 4.98 Å². The number of benzene rings is 2. The highest BCUT2D eigenvalue weighted by molar-refractivity contribution is 7.23. The molecule has 3 heterocycles. The molecule has 4 aromatic rings. The zero-order chi connectivity index (χ0) is 22.9. The molecule has 0 aliphatic carbocycles. The Kier molecular flexibility index (Phi) is 5.95. The predicted octanol–water partition coefficient (Wildman–Crippen LogP) is 5.11. The van der Waals surface area contributed by atoms with Crippen molar-refractivity contribution in [3.05, 3.63) is 65.7 Å². The number of hydrogen-bond donors (Lipinski definition) is 0. The van der Waals surface area contributed by atoms with Gasteiger partial charge in [-0.3, -0.25) is 9.69 Å². The molecule has 0 fully saturated rings. The summed E-state index contributed by atoms with van der Waals surface area (Å²) < 4.78 is 15.0. The lowest BCUT2D eigenvalue weighted by Gasteiger charge is -2.33. The van der Waals surface area contributed by atoms with Crippen molar-refractivity contribution in [1.82, 2.24) is 14.5 Å². The molecule has 2 aromatic carbocycles. The number of para-hydroxylation sites is 2. The van der Waals surface area contributed by atoms with Crippen molar-refractivity contribution in [2.24, 2.45) is 0 Å². The van der Waals surface area contributed by atoms with Crippen molar-refractivity contribution in [2.75, 3.05) is 11.4 Å². The van der Waals surface area contributed by atoms with Crippen molar-refractivity contribution in [2.45, 2.75) is 39.0 Å². The van der Waals surface area contributed by atoms with Crippen LogP contribution in [-0.4, -0.2) is 39.2 Å². The van der Waals surface area contributed by atoms with Gasteiger partial charge < -0.3 is 14.0 Å². The standard InChI is InChI=1S/C24H23ClN4O3S/c1-15-8-9-17(25)22-20(15)27-24(33-22)29(12-5-11-28-13-10-26-14-28)23(30)21-16(2)31-18-6-3-4-7-19(18)32-21/h3-4,6-10,13-14,16,21H,5,11-12H2,1-2H3. The van der Waals surface area contributed by atoms with E-state index in [0.29, 0.717) is 28.2 Å². The second-order valence-corrected chi connectivity index (χ2v) is 9.38. The molecule has 1 aliphatic heterocycles. The van der Waals surface area contributed by atoms with Crippen LogP contribution in [0.5, 0.6) is 11.5 Å². The van der Waals surface area contributed by atoms with Crippen LogP contribution in [0.25, 0.3) is 10.2 Å². The number of fused-ring (bicyclic) bond motifs is 2. The average molecular weight is 483 g/mol. The van der Waals surface area contributed by atoms with Gasteiger partial charge in [-0.2, -0.15) is 0 Å². The Balaban J connectivity index is 1.46. The topological polar surface area (TPSA) is 69.5 Å². The summed E-state index contributed by atoms with van der Waals surface area (Å²) in [5.41, 5.74) is 1.83. The molecule has 1 amide bonds. The van der Waals surface area contributed by atoms with E-state index in [0.717, 1.165) is 28.7 Å². The predicted molar refractivity (Wildman–Crippen MR) is 130 cm³/mol. The summed E-state index contributed by atoms with van der Waals surface area (Å²) in [6, 6.07) is 11.2. The molecule has 0 saturated heterocycles. The van der Waals surface area contributed by atoms with Crippen LogP contribution < -0.4 is 14.4 Å². The Hall–Kier alpha value is -3.10. The fourth-order valence-corrected chi connectivity index (χ4v) is 5.23. The van der Waals surface area contributed by atoms with Crippen molar-refractivity contribution in [3.63, 3.8) is 0 Å². The van der Waals surface area contributed by atoms with E-state index in [4.69, 9.17) is 26.1 Å². The number of rotatable bonds is 6. The number of nitrogens with zero attached hydrogens (tertiary/aromatic N) is 4. The van der Waals surface area contributed by atoms with Gasteiger partial charge in [-0.1, -0.05) is 41.1 Å². The number of carbonyl (C=O) groups is 1. The van der Waals surface area contributed by atoms with Crippen molar-refractivity contribution in [1.29, 1.82) is 0 Å². The maximum atomic E-state index is 13.8. The third kappa shape index (κ3) is 4.28. The molecule has 33 heavy (non-hydrogen) atoms. The number of hydrogen-bond acceptors (Lipinski definition) is 6. The summed E-state index contributed by atoms with van der Waals surface area (Å²) in [6.07, 6.45) is 4.92. The second-order valence-electron chi connectivity index (χ2n) is 7.99. The number of carbonyl (C=O) groups excluding carboxylic acids is 1. The molecule has 0 N–H and O–H groups in total. The van der Waals surface area contributed by atoms with Crippen molar-refractivity contribution >= 4 is 44.2 Å². The summed E-state index contributed by atoms with van der Waals surface area (Å²) in [7, 11) is 0. The van der Waals surface area contributed by atoms with E-state index in [1.165, 1.54) is 11.3 Å². The van der Waals surface area contributed by atoms with E-state index >= 15 is 0 Å². The number of aromatic nitrogens is 3. The molecule has 0 bridgehead atoms. The van der Waals surface area contributed by atoms with Gasteiger partial charge >= 0.3 is 0 Å². The molecule has 2 atom stereocenters. The number of aryl methyl sites for hydroxylation is 2. The van der Waals surface area contributed by atoms with Gasteiger partial charge in [-0.25, -0.2) is 9.97 Å². The quantitative estimate of drug-likeness (QED) is 0.382. The minimum atomic E-state index is -0.781. The summed E-state index contributed by atoms with van der Waals surface area (Å²) in [6.45, 7) is 5.04. The Morgan fingerprint density at radius 3 is 2.73 bits per heavy atom. The number of imidazole rings is 1. The first-order chi connectivity index (χ1) is 16.0. The van der Waals surface area contributed by atoms with E-state index in [1.807, 2.05) is 61.0 Å². The lowest BCUT2D eigenvalue weighted by molar-refractivity contribution is -0.130. The molecular formula is C24H23ClN4O3S. The largest absolute Gasteiger partial charge is 0.482 e. The molecule has 0 spiro atoms. The highest BCUT2D eigenvalue weighted by Crippen LogP contribution is 2.38. The summed E-state index contributed by atoms with van der Waals surface area (Å²) in [4.78, 5) is 24.4. The Morgan fingerprint density at radius 2 is 2.00 bits per heavy atom. The normalized spacial score (nSPS) is 17.3. The molecular weight excluding hydrogens is 460 g/mol. The first-order valence-corrected chi connectivity index (χ1v) is 12.0. The smallest absolute Gasteiger partial charge is 0.273 e. The van der Waals surface area contributed by atoms with E-state index in [9.17, 15) is 4.79 Å². The highest BCUT2D eigenvalue weighted by atomic mass is 35.5. The second kappa shape index (κ2) is 9.03. The van der Waals surface area contributed by atoms with Crippen LogP contribution >= 0.6 is 22.9 Å². The Labute approximate surface area is 200 Å². The summed E-state index contributed by atoms with van der Waals surface area (Å²) >= 11 is 7.86. The van der Waals surface area contributed by atoms with Crippen LogP contribution in [0.4, 0.5) is 5.13 Å². The van der Waals surface area contributed by atoms with Gasteiger partial charge in [0, 0.05) is 25.5 Å². The van der Waals surface area contributed by atoms with Gasteiger partial charge in [0.05, 0.1) is 21.6 Å². The van der Waals surface area contributed by atoms with E-state index in [-0.39, 0.29) is 5.91 Å². The van der Waals surface area contributed by atoms with Crippen molar-refractivity contribution < 1.29 is 14.3 Å². The van der Waals surface area contributed by atoms with Gasteiger partial charge in [0.15, 0.2) is 16.6 Å². The molecule has 0 radical (unpaired) electrons. The van der Waals surface area contributed by atoms with Gasteiger partial charge in [0.1, 0.15) is 6.10 Å². The fraction of sp³-hybridized carbons (Fsp3) is 0.292. The molecule has 2 unspecified atom stereocenters. The lowest BCUT2D eigenvalue weighted by atomic mass is 10.1. The number of anilines is 1. The SMILES string of the molecule is Cc1ccc(Cl)c2sc(N(CCCn3ccnc3)C(=O)C3Oc4ccccc4OC3C)nc12. The third-order valence-electron chi connectivity index (χ3n) is 5.63. The molecule has 170 valence electrons. The van der Waals surface area contributed by atoms with Gasteiger partial charge in [-0.05, 0) is 44.0 Å². The Morgan fingerprint density at radius 1 is 1.21 bits per heavy atom. The first-order valence-electron chi connectivity index (χ1n) is 10.8. The average Bonchev–Trinajstić information content (AvgIpc) is 3.49. The van der Waals surface area contributed by atoms with E-state index < -0.39 is 12.2 Å². The van der Waals surface area contributed by atoms with Crippen LogP contribution in [-0.2, 0) is 11.3 Å². The van der Waals surface area contributed by atoms with Crippen LogP contribution in [0.1, 0.15) is 18.9 Å². The first kappa shape index (κ1) is 21.7. The van der Waals surface area contributed by atoms with Crippen LogP contribution in [0.2, 0.25) is 5.02 Å². The van der Waals surface area contributed by atoms with Crippen molar-refractivity contribution in [3.8, 4) is 11.5 Å². The zero-order valence-electron chi connectivity index (χ0n) is 18.3. The molecule has 5 rings (SSSR count). The lowest BCUT2D eigenvalue weighted by Crippen LogP contribution is -2.51. The highest BCUT2D eigenvalue weighted by Gasteiger charge is 2.38. The number of amides is 1. The minimum Gasteiger partial charge on any atom is -0.482 e. The maximum Gasteiger partial charge on any atom is 0.273 e. The minimum absolute atomic E-state index is 0.185. The monoisotopic (exact) mass is 482 g/mol. The van der Waals surface area contributed by atoms with E-state index in [1.54, 1.807) is 17.4 Å². The van der Waals surface area contributed by atoms with Crippen LogP contribution in [0, 0.1) is 6.92 Å². The number of halogens is 1. The number of thiazole rings is 1. The molecule has 1 aliphatic rings. The van der Waals surface area contributed by atoms with Gasteiger partial charge in [0.25, 0.3) is 5.91 Å². The Bertz CT molecular complexity index is 1250. The third-order valence-corrected chi connectivity index (χ3v) is 7.16. The van der Waals surface area contributed by atoms with Gasteiger partial charge in [0.2, 0.25) is 6.10 Å².